The van der Waals surface area contributed by atoms with Crippen molar-refractivity contribution in [2.45, 2.75) is 175 Å². The van der Waals surface area contributed by atoms with Gasteiger partial charge in [0.25, 0.3) is 0 Å². The Balaban J connectivity index is 4.60. The predicted octanol–water partition coefficient (Wildman–Crippen LogP) is 15.7. The second-order valence-electron chi connectivity index (χ2n) is 15.1. The van der Waals surface area contributed by atoms with Crippen molar-refractivity contribution in [3.63, 3.8) is 0 Å². The highest BCUT2D eigenvalue weighted by Crippen LogP contribution is 2.11. The van der Waals surface area contributed by atoms with Crippen LogP contribution in [0.25, 0.3) is 0 Å². The molecule has 6 heteroatoms. The molecule has 0 aromatic carbocycles. The Morgan fingerprint density at radius 3 is 1.11 bits per heavy atom. The lowest BCUT2D eigenvalue weighted by Gasteiger charge is -2.18. The molecule has 0 radical (unpaired) electrons. The van der Waals surface area contributed by atoms with Crippen molar-refractivity contribution in [1.29, 1.82) is 0 Å². The zero-order chi connectivity index (χ0) is 45.1. The summed E-state index contributed by atoms with van der Waals surface area (Å²) in [6.45, 7) is 6.13. The Kier molecular flexibility index (Phi) is 45.2. The highest BCUT2D eigenvalue weighted by Gasteiger charge is 2.19. The number of carbonyl (C=O) groups is 3. The van der Waals surface area contributed by atoms with E-state index in [-0.39, 0.29) is 37.5 Å². The zero-order valence-corrected chi connectivity index (χ0v) is 39.1. The van der Waals surface area contributed by atoms with Gasteiger partial charge in [0.1, 0.15) is 13.2 Å². The lowest BCUT2D eigenvalue weighted by atomic mass is 10.1. The van der Waals surface area contributed by atoms with E-state index in [0.29, 0.717) is 19.3 Å². The second-order valence-corrected chi connectivity index (χ2v) is 15.1. The highest BCUT2D eigenvalue weighted by molar-refractivity contribution is 5.71. The Bertz CT molecular complexity index is 1440. The summed E-state index contributed by atoms with van der Waals surface area (Å²) in [5.41, 5.74) is 0. The molecule has 0 aromatic heterocycles. The molecule has 0 aliphatic rings. The van der Waals surface area contributed by atoms with Crippen molar-refractivity contribution < 1.29 is 28.6 Å². The van der Waals surface area contributed by atoms with Gasteiger partial charge in [0.05, 0.1) is 0 Å². The third kappa shape index (κ3) is 46.4. The average Bonchev–Trinajstić information content (AvgIpc) is 3.27. The smallest absolute Gasteiger partial charge is 0.306 e. The largest absolute Gasteiger partial charge is 0.462 e. The molecule has 6 nitrogen and oxygen atoms in total. The normalized spacial score (nSPS) is 13.4. The minimum absolute atomic E-state index is 0.124. The Morgan fingerprint density at radius 2 is 0.661 bits per heavy atom. The summed E-state index contributed by atoms with van der Waals surface area (Å²) in [6, 6.07) is 0. The number of allylic oxidation sites excluding steroid dienone is 24. The van der Waals surface area contributed by atoms with Crippen LogP contribution in [0.2, 0.25) is 0 Å². The van der Waals surface area contributed by atoms with Crippen molar-refractivity contribution >= 4 is 17.9 Å². The third-order valence-electron chi connectivity index (χ3n) is 9.26. The first-order valence-corrected chi connectivity index (χ1v) is 23.9. The molecule has 0 bridgehead atoms. The Morgan fingerprint density at radius 1 is 0.339 bits per heavy atom. The molecule has 0 saturated heterocycles. The molecule has 0 aliphatic carbocycles. The van der Waals surface area contributed by atoms with E-state index in [9.17, 15) is 14.4 Å². The number of unbranched alkanes of at least 4 members (excludes halogenated alkanes) is 11. The topological polar surface area (TPSA) is 78.9 Å². The Labute approximate surface area is 378 Å². The van der Waals surface area contributed by atoms with Crippen molar-refractivity contribution in [1.82, 2.24) is 0 Å². The van der Waals surface area contributed by atoms with Gasteiger partial charge in [0.15, 0.2) is 6.10 Å². The molecule has 0 amide bonds. The fraction of sp³-hybridized carbons (Fsp3) is 0.518. The molecule has 0 rings (SSSR count). The maximum atomic E-state index is 12.8. The minimum Gasteiger partial charge on any atom is -0.462 e. The van der Waals surface area contributed by atoms with E-state index in [2.05, 4.69) is 112 Å². The van der Waals surface area contributed by atoms with Crippen LogP contribution in [0.4, 0.5) is 0 Å². The molecule has 0 heterocycles. The van der Waals surface area contributed by atoms with Crippen molar-refractivity contribution in [2.24, 2.45) is 0 Å². The van der Waals surface area contributed by atoms with E-state index in [4.69, 9.17) is 14.2 Å². The van der Waals surface area contributed by atoms with Gasteiger partial charge in [0, 0.05) is 19.3 Å². The summed E-state index contributed by atoms with van der Waals surface area (Å²) in [5.74, 6) is -1.03. The first kappa shape index (κ1) is 57.3. The van der Waals surface area contributed by atoms with Gasteiger partial charge >= 0.3 is 17.9 Å². The van der Waals surface area contributed by atoms with Crippen LogP contribution in [-0.4, -0.2) is 37.2 Å². The SMILES string of the molecule is CC\C=C/C=C\C=C/C=C\C=C/CCCCCC(=O)OC(COC(=O)CCCCC/C=C\C/C=C\C/C=C\C/C=C\CC)COC(=O)CCCCCCC\C=C/C=C\C=C/CC. The molecule has 1 atom stereocenters. The summed E-state index contributed by atoms with van der Waals surface area (Å²) in [5, 5.41) is 0. The van der Waals surface area contributed by atoms with Crippen molar-refractivity contribution in [3.8, 4) is 0 Å². The van der Waals surface area contributed by atoms with Gasteiger partial charge in [-0.25, -0.2) is 0 Å². The number of hydrogen-bond acceptors (Lipinski definition) is 6. The molecule has 0 fully saturated rings. The molecular weight excluding hydrogens is 769 g/mol. The van der Waals surface area contributed by atoms with E-state index >= 15 is 0 Å². The number of carbonyl (C=O) groups excluding carboxylic acids is 3. The van der Waals surface area contributed by atoms with Gasteiger partial charge in [-0.05, 0) is 96.3 Å². The lowest BCUT2D eigenvalue weighted by molar-refractivity contribution is -0.167. The molecule has 0 aliphatic heterocycles. The zero-order valence-electron chi connectivity index (χ0n) is 39.1. The van der Waals surface area contributed by atoms with E-state index in [0.717, 1.165) is 122 Å². The van der Waals surface area contributed by atoms with Gasteiger partial charge in [-0.15, -0.1) is 0 Å². The third-order valence-corrected chi connectivity index (χ3v) is 9.26. The standard InChI is InChI=1S/C56H84O6/c1-4-7-10-13-16-19-22-25-27-29-31-34-37-40-43-46-49-55(58)61-52-53(51-60-54(57)48-45-42-39-36-33-30-24-21-18-15-12-9-6-3)62-56(59)50-47-44-41-38-35-32-28-26-23-20-17-14-11-8-5-2/h7-12,14-21,23-28,31-32,34-35,53H,4-6,13,22,29-30,33,36-52H2,1-3H3/b10-7-,11-8-,12-9-,17-14-,18-15-,19-16-,23-20-,24-21-,27-25-,28-26-,34-31-,35-32-. The number of esters is 3. The van der Waals surface area contributed by atoms with Crippen LogP contribution in [0.1, 0.15) is 168 Å². The molecule has 344 valence electrons. The number of hydrogen-bond donors (Lipinski definition) is 0. The fourth-order valence-corrected chi connectivity index (χ4v) is 5.75. The van der Waals surface area contributed by atoms with E-state index in [1.807, 2.05) is 54.7 Å². The van der Waals surface area contributed by atoms with Gasteiger partial charge in [-0.3, -0.25) is 14.4 Å². The van der Waals surface area contributed by atoms with E-state index in [1.165, 1.54) is 0 Å². The van der Waals surface area contributed by atoms with Gasteiger partial charge in [-0.2, -0.15) is 0 Å². The van der Waals surface area contributed by atoms with Gasteiger partial charge in [0.2, 0.25) is 0 Å². The highest BCUT2D eigenvalue weighted by atomic mass is 16.6. The van der Waals surface area contributed by atoms with Crippen LogP contribution in [-0.2, 0) is 28.6 Å². The summed E-state index contributed by atoms with van der Waals surface area (Å²) in [4.78, 5) is 37.9. The molecule has 1 unspecified atom stereocenters. The molecule has 0 saturated carbocycles. The number of rotatable bonds is 40. The van der Waals surface area contributed by atoms with Crippen LogP contribution < -0.4 is 0 Å². The summed E-state index contributed by atoms with van der Waals surface area (Å²) >= 11 is 0. The van der Waals surface area contributed by atoms with Gasteiger partial charge < -0.3 is 14.2 Å². The maximum absolute atomic E-state index is 12.8. The maximum Gasteiger partial charge on any atom is 0.306 e. The van der Waals surface area contributed by atoms with Crippen LogP contribution in [0, 0.1) is 0 Å². The quantitative estimate of drug-likeness (QED) is 0.0201. The lowest BCUT2D eigenvalue weighted by Crippen LogP contribution is -2.30. The number of ether oxygens (including phenoxy) is 3. The summed E-state index contributed by atoms with van der Waals surface area (Å²) in [6.07, 6.45) is 69.7. The second kappa shape index (κ2) is 49.0. The van der Waals surface area contributed by atoms with E-state index in [1.54, 1.807) is 0 Å². The Hall–Kier alpha value is -4.71. The van der Waals surface area contributed by atoms with Crippen LogP contribution in [0.3, 0.4) is 0 Å². The van der Waals surface area contributed by atoms with Crippen molar-refractivity contribution in [3.05, 3.63) is 146 Å². The summed E-state index contributed by atoms with van der Waals surface area (Å²) in [7, 11) is 0. The van der Waals surface area contributed by atoms with Gasteiger partial charge in [-0.1, -0.05) is 199 Å². The first-order valence-electron chi connectivity index (χ1n) is 23.9. The molecule has 62 heavy (non-hydrogen) atoms. The first-order chi connectivity index (χ1) is 30.5. The molecule has 0 N–H and O–H groups in total. The monoisotopic (exact) mass is 853 g/mol. The molecule has 0 spiro atoms. The van der Waals surface area contributed by atoms with Crippen molar-refractivity contribution in [2.75, 3.05) is 13.2 Å². The summed E-state index contributed by atoms with van der Waals surface area (Å²) < 4.78 is 16.7. The molecular formula is C56H84O6. The molecule has 0 aromatic rings. The fourth-order valence-electron chi connectivity index (χ4n) is 5.75. The predicted molar refractivity (Wildman–Crippen MR) is 265 cm³/mol. The minimum atomic E-state index is -0.828. The van der Waals surface area contributed by atoms with E-state index < -0.39 is 6.10 Å². The van der Waals surface area contributed by atoms with Crippen LogP contribution >= 0.6 is 0 Å². The van der Waals surface area contributed by atoms with Crippen LogP contribution in [0.15, 0.2) is 146 Å². The average molecular weight is 853 g/mol. The van der Waals surface area contributed by atoms with Crippen LogP contribution in [0.5, 0.6) is 0 Å².